The summed E-state index contributed by atoms with van der Waals surface area (Å²) in [5.74, 6) is -1.04. The molecule has 0 radical (unpaired) electrons. The minimum Gasteiger partial charge on any atom is -0.478 e. The van der Waals surface area contributed by atoms with Gasteiger partial charge in [0.1, 0.15) is 0 Å². The highest BCUT2D eigenvalue weighted by Crippen LogP contribution is 2.20. The van der Waals surface area contributed by atoms with Crippen molar-refractivity contribution in [3.05, 3.63) is 101 Å². The van der Waals surface area contributed by atoms with Crippen LogP contribution in [0.15, 0.2) is 73.1 Å². The third-order valence-corrected chi connectivity index (χ3v) is 4.74. The van der Waals surface area contributed by atoms with E-state index in [1.54, 1.807) is 30.5 Å². The summed E-state index contributed by atoms with van der Waals surface area (Å²) in [7, 11) is 0. The number of benzene rings is 2. The van der Waals surface area contributed by atoms with Gasteiger partial charge in [-0.15, -0.1) is 12.4 Å². The van der Waals surface area contributed by atoms with Crippen molar-refractivity contribution in [2.75, 3.05) is 0 Å². The fraction of sp³-hybridized carbons (Fsp3) is 0.0870. The van der Waals surface area contributed by atoms with Crippen molar-refractivity contribution in [1.82, 2.24) is 9.55 Å². The lowest BCUT2D eigenvalue weighted by Crippen LogP contribution is -2.11. The zero-order valence-corrected chi connectivity index (χ0v) is 16.5. The van der Waals surface area contributed by atoms with E-state index in [4.69, 9.17) is 0 Å². The van der Waals surface area contributed by atoms with E-state index in [1.807, 2.05) is 54.1 Å². The van der Waals surface area contributed by atoms with E-state index in [2.05, 4.69) is 4.98 Å². The normalized spacial score (nSPS) is 10.5. The number of fused-ring (bicyclic) bond motifs is 1. The number of hydrogen-bond acceptors (Lipinski definition) is 3. The van der Waals surface area contributed by atoms with Gasteiger partial charge in [-0.2, -0.15) is 0 Å². The van der Waals surface area contributed by atoms with Crippen LogP contribution in [0.3, 0.4) is 0 Å². The Balaban J connectivity index is 0.00000240. The lowest BCUT2D eigenvalue weighted by molar-refractivity contribution is 0.0699. The predicted molar refractivity (Wildman–Crippen MR) is 114 cm³/mol. The zero-order chi connectivity index (χ0) is 19.7. The number of aromatic nitrogens is 2. The summed E-state index contributed by atoms with van der Waals surface area (Å²) in [6.07, 6.45) is 3.56. The van der Waals surface area contributed by atoms with Crippen LogP contribution in [0.1, 0.15) is 37.5 Å². The van der Waals surface area contributed by atoms with Crippen LogP contribution in [0.5, 0.6) is 0 Å². The molecule has 4 rings (SSSR count). The number of halogens is 1. The highest BCUT2D eigenvalue weighted by molar-refractivity contribution is 6.08. The molecule has 0 saturated heterocycles. The van der Waals surface area contributed by atoms with Crippen molar-refractivity contribution < 1.29 is 14.7 Å². The number of ketones is 1. The monoisotopic (exact) mass is 406 g/mol. The molecular weight excluding hydrogens is 388 g/mol. The Morgan fingerprint density at radius 3 is 2.52 bits per heavy atom. The largest absolute Gasteiger partial charge is 0.478 e. The minimum absolute atomic E-state index is 0. The third kappa shape index (κ3) is 4.05. The first-order valence-electron chi connectivity index (χ1n) is 8.90. The Kier molecular flexibility index (Phi) is 5.80. The van der Waals surface area contributed by atoms with Gasteiger partial charge in [0.15, 0.2) is 0 Å². The number of carboxylic acid groups (broad SMARTS) is 1. The van der Waals surface area contributed by atoms with Crippen molar-refractivity contribution in [3.63, 3.8) is 0 Å². The lowest BCUT2D eigenvalue weighted by Gasteiger charge is -2.10. The van der Waals surface area contributed by atoms with Gasteiger partial charge in [-0.3, -0.25) is 9.78 Å². The van der Waals surface area contributed by atoms with E-state index in [9.17, 15) is 14.7 Å². The van der Waals surface area contributed by atoms with E-state index in [1.165, 1.54) is 0 Å². The van der Waals surface area contributed by atoms with Crippen molar-refractivity contribution >= 4 is 35.1 Å². The van der Waals surface area contributed by atoms with Crippen LogP contribution >= 0.6 is 12.4 Å². The SMILES string of the molecule is Cc1ccc(C(=O)c2cccn2Cc2cnc3cccc(C(=O)O)c3c2)cc1.Cl. The molecule has 2 aromatic carbocycles. The van der Waals surface area contributed by atoms with Crippen molar-refractivity contribution in [2.24, 2.45) is 0 Å². The maximum Gasteiger partial charge on any atom is 0.336 e. The van der Waals surface area contributed by atoms with Gasteiger partial charge >= 0.3 is 5.97 Å². The maximum absolute atomic E-state index is 12.9. The van der Waals surface area contributed by atoms with Gasteiger partial charge in [-0.05, 0) is 42.8 Å². The number of carboxylic acids is 1. The molecule has 0 fully saturated rings. The maximum atomic E-state index is 12.9. The second-order valence-electron chi connectivity index (χ2n) is 6.74. The lowest BCUT2D eigenvalue weighted by atomic mass is 10.1. The zero-order valence-electron chi connectivity index (χ0n) is 15.7. The van der Waals surface area contributed by atoms with Gasteiger partial charge in [0, 0.05) is 29.9 Å². The molecule has 0 aliphatic heterocycles. The smallest absolute Gasteiger partial charge is 0.336 e. The van der Waals surface area contributed by atoms with Crippen LogP contribution < -0.4 is 0 Å². The molecule has 2 heterocycles. The minimum atomic E-state index is -0.985. The van der Waals surface area contributed by atoms with Crippen LogP contribution in [0.25, 0.3) is 10.9 Å². The highest BCUT2D eigenvalue weighted by atomic mass is 35.5. The Morgan fingerprint density at radius 1 is 1.03 bits per heavy atom. The molecule has 0 amide bonds. The van der Waals surface area contributed by atoms with Gasteiger partial charge in [-0.1, -0.05) is 35.9 Å². The summed E-state index contributed by atoms with van der Waals surface area (Å²) in [5, 5.41) is 10.0. The van der Waals surface area contributed by atoms with Crippen LogP contribution in [0.4, 0.5) is 0 Å². The van der Waals surface area contributed by atoms with Gasteiger partial charge < -0.3 is 9.67 Å². The van der Waals surface area contributed by atoms with E-state index < -0.39 is 5.97 Å². The molecule has 0 bridgehead atoms. The second-order valence-corrected chi connectivity index (χ2v) is 6.74. The van der Waals surface area contributed by atoms with E-state index >= 15 is 0 Å². The highest BCUT2D eigenvalue weighted by Gasteiger charge is 2.14. The number of aromatic carboxylic acids is 1. The standard InChI is InChI=1S/C23H18N2O3.ClH/c1-15-7-9-17(10-8-15)22(26)21-6-3-11-25(21)14-16-12-19-18(23(27)28)4-2-5-20(19)24-13-16;/h2-13H,14H2,1H3,(H,27,28);1H. The number of pyridine rings is 1. The summed E-state index contributed by atoms with van der Waals surface area (Å²) in [6.45, 7) is 2.41. The Morgan fingerprint density at radius 2 is 1.79 bits per heavy atom. The van der Waals surface area contributed by atoms with Crippen LogP contribution in [-0.4, -0.2) is 26.4 Å². The molecule has 5 nitrogen and oxygen atoms in total. The van der Waals surface area contributed by atoms with Crippen molar-refractivity contribution in [2.45, 2.75) is 13.5 Å². The molecule has 0 saturated carbocycles. The fourth-order valence-corrected chi connectivity index (χ4v) is 3.27. The average molecular weight is 407 g/mol. The summed E-state index contributed by atoms with van der Waals surface area (Å²) < 4.78 is 1.86. The van der Waals surface area contributed by atoms with Crippen LogP contribution in [-0.2, 0) is 6.54 Å². The van der Waals surface area contributed by atoms with Crippen molar-refractivity contribution in [3.8, 4) is 0 Å². The molecule has 2 aromatic heterocycles. The summed E-state index contributed by atoms with van der Waals surface area (Å²) in [4.78, 5) is 28.7. The second kappa shape index (κ2) is 8.29. The quantitative estimate of drug-likeness (QED) is 0.486. The Hall–Kier alpha value is -3.44. The van der Waals surface area contributed by atoms with Crippen LogP contribution in [0, 0.1) is 6.92 Å². The number of aryl methyl sites for hydroxylation is 1. The molecule has 29 heavy (non-hydrogen) atoms. The number of nitrogens with zero attached hydrogens (tertiary/aromatic N) is 2. The summed E-state index contributed by atoms with van der Waals surface area (Å²) in [5.41, 5.74) is 3.99. The predicted octanol–water partition coefficient (Wildman–Crippen LogP) is 4.74. The van der Waals surface area contributed by atoms with E-state index in [0.29, 0.717) is 28.7 Å². The third-order valence-electron chi connectivity index (χ3n) is 4.74. The van der Waals surface area contributed by atoms with Gasteiger partial charge in [0.2, 0.25) is 5.78 Å². The first-order valence-corrected chi connectivity index (χ1v) is 8.90. The molecule has 0 atom stereocenters. The molecule has 146 valence electrons. The van der Waals surface area contributed by atoms with E-state index in [-0.39, 0.29) is 23.8 Å². The molecule has 0 spiro atoms. The molecule has 6 heteroatoms. The first kappa shape index (κ1) is 20.3. The Bertz CT molecular complexity index is 1200. The Labute approximate surface area is 174 Å². The molecule has 0 aliphatic rings. The summed E-state index contributed by atoms with van der Waals surface area (Å²) >= 11 is 0. The fourth-order valence-electron chi connectivity index (χ4n) is 3.27. The average Bonchev–Trinajstić information content (AvgIpc) is 3.15. The molecular formula is C23H19ClN2O3. The molecule has 0 aliphatic carbocycles. The summed E-state index contributed by atoms with van der Waals surface area (Å²) in [6, 6.07) is 18.0. The van der Waals surface area contributed by atoms with Crippen molar-refractivity contribution in [1.29, 1.82) is 0 Å². The van der Waals surface area contributed by atoms with E-state index in [0.717, 1.165) is 11.1 Å². The van der Waals surface area contributed by atoms with Crippen LogP contribution in [0.2, 0.25) is 0 Å². The first-order chi connectivity index (χ1) is 13.5. The molecule has 1 N–H and O–H groups in total. The molecule has 4 aromatic rings. The number of carbonyl (C=O) groups excluding carboxylic acids is 1. The van der Waals surface area contributed by atoms with Gasteiger partial charge in [-0.25, -0.2) is 4.79 Å². The number of rotatable bonds is 5. The van der Waals surface area contributed by atoms with Gasteiger partial charge in [0.25, 0.3) is 0 Å². The number of carbonyl (C=O) groups is 2. The van der Waals surface area contributed by atoms with Gasteiger partial charge in [0.05, 0.1) is 16.8 Å². The molecule has 0 unspecified atom stereocenters. The number of hydrogen-bond donors (Lipinski definition) is 1. The topological polar surface area (TPSA) is 72.2 Å².